The van der Waals surface area contributed by atoms with Gasteiger partial charge in [-0.15, -0.1) is 23.1 Å². The summed E-state index contributed by atoms with van der Waals surface area (Å²) in [5, 5.41) is 6.51. The van der Waals surface area contributed by atoms with E-state index in [0.717, 1.165) is 53.9 Å². The molecule has 0 spiro atoms. The summed E-state index contributed by atoms with van der Waals surface area (Å²) in [5.74, 6) is 2.66. The van der Waals surface area contributed by atoms with Gasteiger partial charge in [0.2, 0.25) is 5.95 Å². The molecule has 2 aromatic rings. The number of amides is 1. The van der Waals surface area contributed by atoms with Crippen LogP contribution in [0, 0.1) is 0 Å². The monoisotopic (exact) mass is 462 g/mol. The third-order valence-corrected chi connectivity index (χ3v) is 7.11. The zero-order valence-electron chi connectivity index (χ0n) is 18.6. The molecule has 4 heterocycles. The summed E-state index contributed by atoms with van der Waals surface area (Å²) in [6, 6.07) is 0. The van der Waals surface area contributed by atoms with Gasteiger partial charge in [-0.25, -0.2) is 14.8 Å². The fraction of sp³-hybridized carbons (Fsp3) is 0.619. The van der Waals surface area contributed by atoms with Gasteiger partial charge < -0.3 is 19.9 Å². The van der Waals surface area contributed by atoms with Gasteiger partial charge in [0.25, 0.3) is 0 Å². The summed E-state index contributed by atoms with van der Waals surface area (Å²) in [6.07, 6.45) is 1.66. The van der Waals surface area contributed by atoms with Crippen molar-refractivity contribution in [2.75, 3.05) is 42.1 Å². The zero-order valence-corrected chi connectivity index (χ0v) is 20.2. The SMILES string of the molecule is CCc1csc(CNc2nc3c(c(N4CCN(C(=O)OC(C)(C)C)CC4)n2)SCC3)n1. The van der Waals surface area contributed by atoms with Crippen LogP contribution in [0.25, 0.3) is 0 Å². The van der Waals surface area contributed by atoms with Crippen molar-refractivity contribution in [3.05, 3.63) is 21.8 Å². The Morgan fingerprint density at radius 3 is 2.65 bits per heavy atom. The molecule has 0 atom stereocenters. The molecule has 2 aliphatic rings. The molecule has 0 aromatic carbocycles. The first kappa shape index (κ1) is 22.1. The molecule has 0 aliphatic carbocycles. The number of aryl methyl sites for hydroxylation is 2. The molecule has 168 valence electrons. The van der Waals surface area contributed by atoms with Gasteiger partial charge in [0.15, 0.2) is 0 Å². The molecule has 2 aromatic heterocycles. The summed E-state index contributed by atoms with van der Waals surface area (Å²) in [5.41, 5.74) is 1.76. The van der Waals surface area contributed by atoms with Crippen LogP contribution >= 0.6 is 23.1 Å². The van der Waals surface area contributed by atoms with Gasteiger partial charge in [0, 0.05) is 43.7 Å². The van der Waals surface area contributed by atoms with Gasteiger partial charge >= 0.3 is 6.09 Å². The summed E-state index contributed by atoms with van der Waals surface area (Å²) >= 11 is 3.49. The van der Waals surface area contributed by atoms with Crippen LogP contribution in [-0.2, 0) is 24.1 Å². The first-order valence-electron chi connectivity index (χ1n) is 10.8. The van der Waals surface area contributed by atoms with E-state index in [4.69, 9.17) is 14.7 Å². The normalized spacial score (nSPS) is 16.4. The Hall–Kier alpha value is -2.07. The Morgan fingerprint density at radius 2 is 1.97 bits per heavy atom. The highest BCUT2D eigenvalue weighted by atomic mass is 32.2. The first-order chi connectivity index (χ1) is 14.8. The van der Waals surface area contributed by atoms with Gasteiger partial charge in [0.1, 0.15) is 16.4 Å². The topological polar surface area (TPSA) is 83.5 Å². The molecular weight excluding hydrogens is 432 g/mol. The summed E-state index contributed by atoms with van der Waals surface area (Å²) in [4.78, 5) is 31.8. The Kier molecular flexibility index (Phi) is 6.57. The highest BCUT2D eigenvalue weighted by Gasteiger charge is 2.29. The molecule has 1 fully saturated rings. The molecule has 0 bridgehead atoms. The van der Waals surface area contributed by atoms with Crippen molar-refractivity contribution in [1.82, 2.24) is 19.9 Å². The van der Waals surface area contributed by atoms with Crippen molar-refractivity contribution in [2.45, 2.75) is 57.6 Å². The molecule has 1 saturated heterocycles. The fourth-order valence-electron chi connectivity index (χ4n) is 3.52. The van der Waals surface area contributed by atoms with Crippen molar-refractivity contribution in [3.63, 3.8) is 0 Å². The maximum Gasteiger partial charge on any atom is 0.410 e. The predicted octanol–water partition coefficient (Wildman–Crippen LogP) is 3.81. The second kappa shape index (κ2) is 9.20. The number of piperazine rings is 1. The molecule has 31 heavy (non-hydrogen) atoms. The minimum atomic E-state index is -0.478. The number of nitrogens with one attached hydrogen (secondary N) is 1. The van der Waals surface area contributed by atoms with Crippen LogP contribution < -0.4 is 10.2 Å². The lowest BCUT2D eigenvalue weighted by molar-refractivity contribution is 0.0240. The molecular formula is C21H30N6O2S2. The predicted molar refractivity (Wildman–Crippen MR) is 125 cm³/mol. The lowest BCUT2D eigenvalue weighted by atomic mass is 10.2. The van der Waals surface area contributed by atoms with E-state index in [1.807, 2.05) is 32.5 Å². The maximum absolute atomic E-state index is 12.4. The zero-order chi connectivity index (χ0) is 22.0. The number of thioether (sulfide) groups is 1. The summed E-state index contributed by atoms with van der Waals surface area (Å²) < 4.78 is 5.52. The Bertz CT molecular complexity index is 934. The van der Waals surface area contributed by atoms with Gasteiger partial charge in [-0.1, -0.05) is 6.92 Å². The molecule has 0 unspecified atom stereocenters. The van der Waals surface area contributed by atoms with Crippen molar-refractivity contribution in [2.24, 2.45) is 0 Å². The molecule has 0 radical (unpaired) electrons. The van der Waals surface area contributed by atoms with E-state index in [9.17, 15) is 4.79 Å². The fourth-order valence-corrected chi connectivity index (χ4v) is 5.45. The lowest BCUT2D eigenvalue weighted by Gasteiger charge is -2.36. The van der Waals surface area contributed by atoms with Crippen LogP contribution in [0.15, 0.2) is 10.3 Å². The maximum atomic E-state index is 12.4. The molecule has 8 nitrogen and oxygen atoms in total. The average molecular weight is 463 g/mol. The van der Waals surface area contributed by atoms with E-state index in [0.29, 0.717) is 25.6 Å². The van der Waals surface area contributed by atoms with Gasteiger partial charge in [-0.2, -0.15) is 4.98 Å². The summed E-state index contributed by atoms with van der Waals surface area (Å²) in [6.45, 7) is 11.1. The third-order valence-electron chi connectivity index (χ3n) is 5.09. The number of anilines is 2. The smallest absolute Gasteiger partial charge is 0.410 e. The molecule has 1 N–H and O–H groups in total. The van der Waals surface area contributed by atoms with E-state index < -0.39 is 5.60 Å². The largest absolute Gasteiger partial charge is 0.444 e. The first-order valence-corrected chi connectivity index (χ1v) is 12.6. The van der Waals surface area contributed by atoms with Crippen LogP contribution in [0.3, 0.4) is 0 Å². The van der Waals surface area contributed by atoms with Crippen LogP contribution in [0.5, 0.6) is 0 Å². The number of ether oxygens (including phenoxy) is 1. The second-order valence-electron chi connectivity index (χ2n) is 8.64. The molecule has 0 saturated carbocycles. The van der Waals surface area contributed by atoms with E-state index in [-0.39, 0.29) is 6.09 Å². The molecule has 10 heteroatoms. The number of carbonyl (C=O) groups is 1. The quantitative estimate of drug-likeness (QED) is 0.718. The number of fused-ring (bicyclic) bond motifs is 1. The number of hydrogen-bond donors (Lipinski definition) is 1. The Morgan fingerprint density at radius 1 is 1.19 bits per heavy atom. The average Bonchev–Trinajstić information content (AvgIpc) is 3.39. The minimum absolute atomic E-state index is 0.244. The van der Waals surface area contributed by atoms with Crippen LogP contribution in [0.2, 0.25) is 0 Å². The number of rotatable bonds is 5. The van der Waals surface area contributed by atoms with Crippen LogP contribution in [0.1, 0.15) is 44.1 Å². The number of aromatic nitrogens is 3. The van der Waals surface area contributed by atoms with E-state index in [1.165, 1.54) is 4.90 Å². The van der Waals surface area contributed by atoms with E-state index in [1.54, 1.807) is 16.2 Å². The van der Waals surface area contributed by atoms with Crippen LogP contribution in [-0.4, -0.2) is 63.5 Å². The summed E-state index contributed by atoms with van der Waals surface area (Å²) in [7, 11) is 0. The van der Waals surface area contributed by atoms with Crippen LogP contribution in [0.4, 0.5) is 16.6 Å². The van der Waals surface area contributed by atoms with Gasteiger partial charge in [-0.05, 0) is 27.2 Å². The van der Waals surface area contributed by atoms with Crippen molar-refractivity contribution < 1.29 is 9.53 Å². The Labute approximate surface area is 191 Å². The lowest BCUT2D eigenvalue weighted by Crippen LogP contribution is -2.50. The van der Waals surface area contributed by atoms with E-state index >= 15 is 0 Å². The minimum Gasteiger partial charge on any atom is -0.444 e. The van der Waals surface area contributed by atoms with Crippen molar-refractivity contribution >= 4 is 41.0 Å². The third kappa shape index (κ3) is 5.41. The number of carbonyl (C=O) groups excluding carboxylic acids is 1. The van der Waals surface area contributed by atoms with Gasteiger partial charge in [0.05, 0.1) is 22.8 Å². The Balaban J connectivity index is 1.44. The highest BCUT2D eigenvalue weighted by molar-refractivity contribution is 7.99. The number of nitrogens with zero attached hydrogens (tertiary/aromatic N) is 5. The second-order valence-corrected chi connectivity index (χ2v) is 10.7. The highest BCUT2D eigenvalue weighted by Crippen LogP contribution is 2.38. The number of thiazole rings is 1. The van der Waals surface area contributed by atoms with Crippen molar-refractivity contribution in [3.8, 4) is 0 Å². The molecule has 4 rings (SSSR count). The number of hydrogen-bond acceptors (Lipinski definition) is 9. The molecule has 1 amide bonds. The molecule has 2 aliphatic heterocycles. The van der Waals surface area contributed by atoms with Gasteiger partial charge in [-0.3, -0.25) is 0 Å². The van der Waals surface area contributed by atoms with Crippen molar-refractivity contribution in [1.29, 1.82) is 0 Å². The standard InChI is InChI=1S/C21H30N6O2S2/c1-5-14-13-31-16(23-14)12-22-19-24-15-6-11-30-17(15)18(25-19)26-7-9-27(10-8-26)20(28)29-21(2,3)4/h13H,5-12H2,1-4H3,(H,22,24,25). The van der Waals surface area contributed by atoms with E-state index in [2.05, 4.69) is 27.5 Å².